The molecule has 0 amide bonds. The standard InChI is InChI=1S/C7H14O2.Mg.2H/c1-3-4-6(2)5-7(8)9;;;/h6H,3-5H2,1-2H3,(H,8,9);;;. The van der Waals surface area contributed by atoms with Crippen molar-refractivity contribution in [1.29, 1.82) is 0 Å². The van der Waals surface area contributed by atoms with E-state index < -0.39 is 5.97 Å². The molecule has 0 rings (SSSR count). The molecule has 0 aromatic heterocycles. The van der Waals surface area contributed by atoms with Crippen LogP contribution in [0.5, 0.6) is 0 Å². The third-order valence-electron chi connectivity index (χ3n) is 1.30. The minimum absolute atomic E-state index is 0. The number of aliphatic carboxylic acids is 1. The van der Waals surface area contributed by atoms with Crippen LogP contribution in [0.15, 0.2) is 0 Å². The smallest absolute Gasteiger partial charge is 0.316 e. The summed E-state index contributed by atoms with van der Waals surface area (Å²) in [6.07, 6.45) is 2.41. The van der Waals surface area contributed by atoms with Gasteiger partial charge in [-0.1, -0.05) is 26.7 Å². The van der Waals surface area contributed by atoms with Crippen molar-refractivity contribution in [3.63, 3.8) is 0 Å². The van der Waals surface area contributed by atoms with Crippen LogP contribution in [0.2, 0.25) is 0 Å². The van der Waals surface area contributed by atoms with E-state index in [4.69, 9.17) is 5.11 Å². The summed E-state index contributed by atoms with van der Waals surface area (Å²) < 4.78 is 0. The number of rotatable bonds is 4. The van der Waals surface area contributed by atoms with Gasteiger partial charge in [0.05, 0.1) is 0 Å². The number of carbonyl (C=O) groups is 1. The van der Waals surface area contributed by atoms with E-state index in [0.29, 0.717) is 12.3 Å². The summed E-state index contributed by atoms with van der Waals surface area (Å²) in [5.41, 5.74) is 0. The molecule has 58 valence electrons. The van der Waals surface area contributed by atoms with Crippen LogP contribution in [0.1, 0.15) is 33.1 Å². The largest absolute Gasteiger partial charge is 0.481 e. The Labute approximate surface area is 78.2 Å². The van der Waals surface area contributed by atoms with Gasteiger partial charge < -0.3 is 5.11 Å². The summed E-state index contributed by atoms with van der Waals surface area (Å²) >= 11 is 0. The molecule has 0 spiro atoms. The van der Waals surface area contributed by atoms with Gasteiger partial charge in [-0.15, -0.1) is 0 Å². The molecule has 0 saturated carbocycles. The van der Waals surface area contributed by atoms with Crippen molar-refractivity contribution in [3.05, 3.63) is 0 Å². The van der Waals surface area contributed by atoms with Crippen molar-refractivity contribution >= 4 is 29.0 Å². The van der Waals surface area contributed by atoms with Gasteiger partial charge in [0.1, 0.15) is 0 Å². The molecular weight excluding hydrogens is 140 g/mol. The zero-order valence-electron chi connectivity index (χ0n) is 6.05. The van der Waals surface area contributed by atoms with Gasteiger partial charge in [-0.3, -0.25) is 4.79 Å². The highest BCUT2D eigenvalue weighted by molar-refractivity contribution is 5.75. The van der Waals surface area contributed by atoms with E-state index in [1.54, 1.807) is 0 Å². The number of carboxylic acids is 1. The highest BCUT2D eigenvalue weighted by atomic mass is 24.3. The highest BCUT2D eigenvalue weighted by Gasteiger charge is 2.04. The van der Waals surface area contributed by atoms with Crippen LogP contribution in [0, 0.1) is 5.92 Å². The van der Waals surface area contributed by atoms with E-state index in [1.807, 2.05) is 6.92 Å². The summed E-state index contributed by atoms with van der Waals surface area (Å²) in [7, 11) is 0. The normalized spacial score (nSPS) is 11.8. The fourth-order valence-electron chi connectivity index (χ4n) is 0.893. The summed E-state index contributed by atoms with van der Waals surface area (Å²) in [5.74, 6) is -0.344. The average Bonchev–Trinajstić information content (AvgIpc) is 1.63. The fraction of sp³-hybridized carbons (Fsp3) is 0.857. The van der Waals surface area contributed by atoms with Crippen LogP contribution in [0.25, 0.3) is 0 Å². The maximum absolute atomic E-state index is 10.1. The molecule has 0 aromatic rings. The lowest BCUT2D eigenvalue weighted by atomic mass is 10.0. The predicted octanol–water partition coefficient (Wildman–Crippen LogP) is 0.981. The summed E-state index contributed by atoms with van der Waals surface area (Å²) in [6.45, 7) is 4.04. The van der Waals surface area contributed by atoms with Gasteiger partial charge in [-0.25, -0.2) is 0 Å². The minimum atomic E-state index is -0.684. The lowest BCUT2D eigenvalue weighted by Crippen LogP contribution is -2.03. The van der Waals surface area contributed by atoms with E-state index in [0.717, 1.165) is 12.8 Å². The van der Waals surface area contributed by atoms with Crippen LogP contribution in [0.3, 0.4) is 0 Å². The molecule has 0 saturated heterocycles. The Balaban J connectivity index is 0. The fourth-order valence-corrected chi connectivity index (χ4v) is 0.893. The molecule has 0 aliphatic heterocycles. The Kier molecular flexibility index (Phi) is 9.45. The molecule has 1 N–H and O–H groups in total. The monoisotopic (exact) mass is 156 g/mol. The SMILES string of the molecule is CCCC(C)CC(=O)O.[MgH2]. The molecule has 0 aromatic carbocycles. The maximum atomic E-state index is 10.1. The van der Waals surface area contributed by atoms with Crippen molar-refractivity contribution in [3.8, 4) is 0 Å². The van der Waals surface area contributed by atoms with Gasteiger partial charge in [0.2, 0.25) is 0 Å². The first-order valence-corrected chi connectivity index (χ1v) is 3.38. The molecule has 0 heterocycles. The molecule has 0 fully saturated rings. The molecule has 0 bridgehead atoms. The molecule has 2 nitrogen and oxygen atoms in total. The van der Waals surface area contributed by atoms with Crippen LogP contribution in [-0.4, -0.2) is 34.1 Å². The molecule has 3 heteroatoms. The number of carboxylic acid groups (broad SMARTS) is 1. The number of hydrogen-bond donors (Lipinski definition) is 1. The van der Waals surface area contributed by atoms with Crippen molar-refractivity contribution in [2.75, 3.05) is 0 Å². The molecule has 1 unspecified atom stereocenters. The summed E-state index contributed by atoms with van der Waals surface area (Å²) in [4.78, 5) is 10.1. The van der Waals surface area contributed by atoms with Crippen LogP contribution < -0.4 is 0 Å². The van der Waals surface area contributed by atoms with Gasteiger partial charge in [-0.05, 0) is 5.92 Å². The van der Waals surface area contributed by atoms with Gasteiger partial charge in [0.15, 0.2) is 0 Å². The minimum Gasteiger partial charge on any atom is -0.481 e. The zero-order chi connectivity index (χ0) is 7.28. The Morgan fingerprint density at radius 1 is 1.60 bits per heavy atom. The van der Waals surface area contributed by atoms with Crippen LogP contribution in [-0.2, 0) is 4.79 Å². The predicted molar refractivity (Wildman–Crippen MR) is 44.9 cm³/mol. The van der Waals surface area contributed by atoms with E-state index in [-0.39, 0.29) is 23.1 Å². The lowest BCUT2D eigenvalue weighted by Gasteiger charge is -2.03. The van der Waals surface area contributed by atoms with E-state index >= 15 is 0 Å². The van der Waals surface area contributed by atoms with Gasteiger partial charge >= 0.3 is 29.0 Å². The first-order chi connectivity index (χ1) is 4.16. The Morgan fingerprint density at radius 3 is 2.40 bits per heavy atom. The molecule has 1 atom stereocenters. The Bertz CT molecular complexity index is 93.6. The second-order valence-corrected chi connectivity index (χ2v) is 2.49. The molecular formula is C7H16MgO2. The first-order valence-electron chi connectivity index (χ1n) is 3.38. The summed E-state index contributed by atoms with van der Waals surface area (Å²) in [5, 5.41) is 8.31. The molecule has 0 radical (unpaired) electrons. The van der Waals surface area contributed by atoms with E-state index in [1.165, 1.54) is 0 Å². The van der Waals surface area contributed by atoms with Crippen molar-refractivity contribution in [1.82, 2.24) is 0 Å². The topological polar surface area (TPSA) is 37.3 Å². The van der Waals surface area contributed by atoms with Crippen molar-refractivity contribution in [2.24, 2.45) is 5.92 Å². The second-order valence-electron chi connectivity index (χ2n) is 2.49. The number of hydrogen-bond acceptors (Lipinski definition) is 1. The van der Waals surface area contributed by atoms with Crippen molar-refractivity contribution < 1.29 is 9.90 Å². The Hall–Kier alpha value is 0.236. The Morgan fingerprint density at radius 2 is 2.10 bits per heavy atom. The quantitative estimate of drug-likeness (QED) is 0.616. The van der Waals surface area contributed by atoms with Crippen molar-refractivity contribution in [2.45, 2.75) is 33.1 Å². The van der Waals surface area contributed by atoms with E-state index in [9.17, 15) is 4.79 Å². The average molecular weight is 157 g/mol. The van der Waals surface area contributed by atoms with Gasteiger partial charge in [0.25, 0.3) is 0 Å². The van der Waals surface area contributed by atoms with Gasteiger partial charge in [-0.2, -0.15) is 0 Å². The lowest BCUT2D eigenvalue weighted by molar-refractivity contribution is -0.138. The first kappa shape index (κ1) is 12.9. The highest BCUT2D eigenvalue weighted by Crippen LogP contribution is 2.08. The van der Waals surface area contributed by atoms with Gasteiger partial charge in [0, 0.05) is 6.42 Å². The summed E-state index contributed by atoms with van der Waals surface area (Å²) in [6, 6.07) is 0. The maximum Gasteiger partial charge on any atom is 0.316 e. The third-order valence-corrected chi connectivity index (χ3v) is 1.30. The van der Waals surface area contributed by atoms with Crippen LogP contribution >= 0.6 is 0 Å². The third kappa shape index (κ3) is 8.24. The zero-order valence-corrected chi connectivity index (χ0v) is 6.05. The second kappa shape index (κ2) is 7.34. The molecule has 0 aliphatic rings. The molecule has 0 aliphatic carbocycles. The van der Waals surface area contributed by atoms with Crippen LogP contribution in [0.4, 0.5) is 0 Å². The molecule has 10 heavy (non-hydrogen) atoms. The van der Waals surface area contributed by atoms with E-state index in [2.05, 4.69) is 6.92 Å².